The number of amides is 4. The Balaban J connectivity index is 2.25. The first-order valence-electron chi connectivity index (χ1n) is 12.0. The summed E-state index contributed by atoms with van der Waals surface area (Å²) >= 11 is 0. The lowest BCUT2D eigenvalue weighted by Crippen LogP contribution is -2.58. The number of primary amides is 1. The van der Waals surface area contributed by atoms with Crippen LogP contribution in [-0.2, 0) is 36.8 Å². The Bertz CT molecular complexity index is 1100. The molecule has 38 heavy (non-hydrogen) atoms. The van der Waals surface area contributed by atoms with E-state index in [4.69, 9.17) is 16.6 Å². The Kier molecular flexibility index (Phi) is 11.9. The van der Waals surface area contributed by atoms with Crippen molar-refractivity contribution in [2.75, 3.05) is 6.61 Å². The van der Waals surface area contributed by atoms with Crippen molar-refractivity contribution in [2.24, 2.45) is 11.5 Å². The van der Waals surface area contributed by atoms with E-state index >= 15 is 0 Å². The van der Waals surface area contributed by atoms with E-state index in [1.165, 1.54) is 0 Å². The highest BCUT2D eigenvalue weighted by molar-refractivity contribution is 5.94. The molecule has 12 heteroatoms. The van der Waals surface area contributed by atoms with E-state index in [-0.39, 0.29) is 25.7 Å². The average molecular weight is 528 g/mol. The molecule has 0 saturated heterocycles. The number of aliphatic hydroxyl groups is 1. The molecule has 0 heterocycles. The molecule has 0 fully saturated rings. The van der Waals surface area contributed by atoms with Crippen LogP contribution < -0.4 is 27.4 Å². The summed E-state index contributed by atoms with van der Waals surface area (Å²) in [5.74, 6) is -4.37. The van der Waals surface area contributed by atoms with Gasteiger partial charge in [-0.1, -0.05) is 60.7 Å². The zero-order valence-electron chi connectivity index (χ0n) is 20.7. The fourth-order valence-electron chi connectivity index (χ4n) is 3.57. The van der Waals surface area contributed by atoms with Gasteiger partial charge in [-0.15, -0.1) is 0 Å². The molecular formula is C26H33N5O7. The summed E-state index contributed by atoms with van der Waals surface area (Å²) in [7, 11) is 0. The highest BCUT2D eigenvalue weighted by Gasteiger charge is 2.30. The van der Waals surface area contributed by atoms with Gasteiger partial charge in [-0.2, -0.15) is 0 Å². The molecular weight excluding hydrogens is 494 g/mol. The largest absolute Gasteiger partial charge is 0.480 e. The minimum Gasteiger partial charge on any atom is -0.480 e. The minimum absolute atomic E-state index is 0.0166. The van der Waals surface area contributed by atoms with Crippen LogP contribution in [0, 0.1) is 0 Å². The van der Waals surface area contributed by atoms with Crippen molar-refractivity contribution in [1.82, 2.24) is 16.0 Å². The van der Waals surface area contributed by atoms with Crippen LogP contribution in [-0.4, -0.2) is 70.6 Å². The lowest BCUT2D eigenvalue weighted by atomic mass is 10.0. The van der Waals surface area contributed by atoms with Crippen LogP contribution in [0.3, 0.4) is 0 Å². The van der Waals surface area contributed by atoms with Gasteiger partial charge in [-0.25, -0.2) is 4.79 Å². The third kappa shape index (κ3) is 9.99. The number of hydrogen-bond acceptors (Lipinski definition) is 7. The first-order chi connectivity index (χ1) is 18.1. The number of aliphatic carboxylic acids is 1. The number of nitrogens with one attached hydrogen (secondary N) is 3. The Morgan fingerprint density at radius 2 is 1.16 bits per heavy atom. The molecule has 204 valence electrons. The van der Waals surface area contributed by atoms with Crippen LogP contribution in [0.4, 0.5) is 0 Å². The molecule has 9 N–H and O–H groups in total. The van der Waals surface area contributed by atoms with Crippen LogP contribution in [0.25, 0.3) is 0 Å². The van der Waals surface area contributed by atoms with Gasteiger partial charge in [0.15, 0.2) is 0 Å². The Morgan fingerprint density at radius 3 is 1.63 bits per heavy atom. The fourth-order valence-corrected chi connectivity index (χ4v) is 3.57. The number of aliphatic hydroxyl groups excluding tert-OH is 1. The van der Waals surface area contributed by atoms with Crippen molar-refractivity contribution < 1.29 is 34.2 Å². The van der Waals surface area contributed by atoms with Crippen LogP contribution in [0.2, 0.25) is 0 Å². The van der Waals surface area contributed by atoms with E-state index in [9.17, 15) is 29.1 Å². The Hall–Kier alpha value is -4.29. The lowest BCUT2D eigenvalue weighted by Gasteiger charge is -2.25. The maximum Gasteiger partial charge on any atom is 0.326 e. The molecule has 0 aliphatic rings. The molecule has 0 aromatic heterocycles. The molecule has 0 saturated carbocycles. The highest BCUT2D eigenvalue weighted by atomic mass is 16.4. The molecule has 4 unspecified atom stereocenters. The standard InChI is InChI=1S/C26H33N5O7/c27-18(15-32)23(34)29-19(11-12-22(28)33)24(35)30-20(13-16-7-3-1-4-8-16)25(36)31-21(26(37)38)14-17-9-5-2-6-10-17/h1-10,18-21,32H,11-15,27H2,(H2,28,33)(H,29,34)(H,30,35)(H,31,36)(H,37,38). The van der Waals surface area contributed by atoms with Crippen molar-refractivity contribution in [2.45, 2.75) is 49.9 Å². The smallest absolute Gasteiger partial charge is 0.326 e. The molecule has 2 rings (SSSR count). The van der Waals surface area contributed by atoms with E-state index in [0.29, 0.717) is 11.1 Å². The second-order valence-corrected chi connectivity index (χ2v) is 8.70. The lowest BCUT2D eigenvalue weighted by molar-refractivity contribution is -0.142. The predicted molar refractivity (Wildman–Crippen MR) is 137 cm³/mol. The topological polar surface area (TPSA) is 214 Å². The van der Waals surface area contributed by atoms with Gasteiger partial charge in [0.05, 0.1) is 6.61 Å². The van der Waals surface area contributed by atoms with Gasteiger partial charge in [0.1, 0.15) is 24.2 Å². The molecule has 2 aromatic carbocycles. The minimum atomic E-state index is -1.31. The summed E-state index contributed by atoms with van der Waals surface area (Å²) in [6.07, 6.45) is -0.399. The van der Waals surface area contributed by atoms with E-state index in [1.807, 2.05) is 0 Å². The third-order valence-electron chi connectivity index (χ3n) is 5.66. The number of carbonyl (C=O) groups is 5. The first-order valence-corrected chi connectivity index (χ1v) is 12.0. The van der Waals surface area contributed by atoms with Crippen molar-refractivity contribution >= 4 is 29.6 Å². The maximum absolute atomic E-state index is 13.2. The summed E-state index contributed by atoms with van der Waals surface area (Å²) < 4.78 is 0. The van der Waals surface area contributed by atoms with Crippen LogP contribution in [0.1, 0.15) is 24.0 Å². The van der Waals surface area contributed by atoms with Gasteiger partial charge in [-0.05, 0) is 17.5 Å². The summed E-state index contributed by atoms with van der Waals surface area (Å²) in [6, 6.07) is 12.4. The summed E-state index contributed by atoms with van der Waals surface area (Å²) in [5, 5.41) is 26.2. The predicted octanol–water partition coefficient (Wildman–Crippen LogP) is -1.40. The average Bonchev–Trinajstić information content (AvgIpc) is 2.90. The first kappa shape index (κ1) is 29.9. The third-order valence-corrected chi connectivity index (χ3v) is 5.66. The van der Waals surface area contributed by atoms with Gasteiger partial charge in [0, 0.05) is 19.3 Å². The number of nitrogens with two attached hydrogens (primary N) is 2. The number of carbonyl (C=O) groups excluding carboxylic acids is 4. The van der Waals surface area contributed by atoms with Crippen molar-refractivity contribution in [3.05, 3.63) is 71.8 Å². The molecule has 12 nitrogen and oxygen atoms in total. The number of benzene rings is 2. The second-order valence-electron chi connectivity index (χ2n) is 8.70. The molecule has 4 amide bonds. The second kappa shape index (κ2) is 15.1. The molecule has 0 aliphatic carbocycles. The van der Waals surface area contributed by atoms with Crippen molar-refractivity contribution in [1.29, 1.82) is 0 Å². The van der Waals surface area contributed by atoms with Crippen LogP contribution in [0.15, 0.2) is 60.7 Å². The SMILES string of the molecule is NC(=O)CCC(NC(=O)C(N)CO)C(=O)NC(Cc1ccccc1)C(=O)NC(Cc1ccccc1)C(=O)O. The molecule has 2 aromatic rings. The maximum atomic E-state index is 13.2. The Morgan fingerprint density at radius 1 is 0.711 bits per heavy atom. The van der Waals surface area contributed by atoms with Crippen LogP contribution >= 0.6 is 0 Å². The quantitative estimate of drug-likeness (QED) is 0.146. The van der Waals surface area contributed by atoms with E-state index in [0.717, 1.165) is 0 Å². The van der Waals surface area contributed by atoms with Crippen molar-refractivity contribution in [3.63, 3.8) is 0 Å². The van der Waals surface area contributed by atoms with Crippen LogP contribution in [0.5, 0.6) is 0 Å². The van der Waals surface area contributed by atoms with Gasteiger partial charge in [0.2, 0.25) is 23.6 Å². The number of rotatable bonds is 15. The van der Waals surface area contributed by atoms with Crippen molar-refractivity contribution in [3.8, 4) is 0 Å². The van der Waals surface area contributed by atoms with E-state index < -0.39 is 60.4 Å². The van der Waals surface area contributed by atoms with Gasteiger partial charge in [-0.3, -0.25) is 19.2 Å². The van der Waals surface area contributed by atoms with E-state index in [2.05, 4.69) is 16.0 Å². The van der Waals surface area contributed by atoms with E-state index in [1.54, 1.807) is 60.7 Å². The number of hydrogen-bond donors (Lipinski definition) is 7. The molecule has 0 aliphatic heterocycles. The van der Waals surface area contributed by atoms with Gasteiger partial charge in [0.25, 0.3) is 0 Å². The summed E-state index contributed by atoms with van der Waals surface area (Å²) in [5.41, 5.74) is 12.1. The van der Waals surface area contributed by atoms with Gasteiger partial charge >= 0.3 is 5.97 Å². The molecule has 0 spiro atoms. The zero-order valence-corrected chi connectivity index (χ0v) is 20.7. The number of carboxylic acids is 1. The fraction of sp³-hybridized carbons (Fsp3) is 0.346. The number of carboxylic acid groups (broad SMARTS) is 1. The molecule has 4 atom stereocenters. The normalized spacial score (nSPS) is 13.8. The molecule has 0 bridgehead atoms. The Labute approximate surface area is 219 Å². The highest BCUT2D eigenvalue weighted by Crippen LogP contribution is 2.08. The summed E-state index contributed by atoms with van der Waals surface area (Å²) in [6.45, 7) is -0.674. The molecule has 0 radical (unpaired) electrons. The summed E-state index contributed by atoms with van der Waals surface area (Å²) in [4.78, 5) is 61.8. The zero-order chi connectivity index (χ0) is 28.1. The monoisotopic (exact) mass is 527 g/mol. The van der Waals surface area contributed by atoms with Gasteiger partial charge < -0.3 is 37.6 Å².